The second kappa shape index (κ2) is 1.73. The van der Waals surface area contributed by atoms with E-state index >= 15 is 0 Å². The Bertz CT molecular complexity index is 313. The van der Waals surface area contributed by atoms with Crippen LogP contribution >= 0.6 is 0 Å². The predicted molar refractivity (Wildman–Crippen MR) is 39.0 cm³/mol. The van der Waals surface area contributed by atoms with Gasteiger partial charge in [-0.05, 0) is 18.2 Å². The van der Waals surface area contributed by atoms with Crippen LogP contribution in [0.25, 0.3) is 11.4 Å². The second-order valence-corrected chi connectivity index (χ2v) is 2.13. The van der Waals surface area contributed by atoms with Crippen LogP contribution < -0.4 is 5.84 Å². The minimum absolute atomic E-state index is 0.935. The van der Waals surface area contributed by atoms with Gasteiger partial charge < -0.3 is 5.84 Å². The van der Waals surface area contributed by atoms with Crippen molar-refractivity contribution in [2.24, 2.45) is 0 Å². The van der Waals surface area contributed by atoms with Crippen molar-refractivity contribution in [3.8, 4) is 11.4 Å². The van der Waals surface area contributed by atoms with E-state index in [-0.39, 0.29) is 0 Å². The molecule has 0 amide bonds. The summed E-state index contributed by atoms with van der Waals surface area (Å²) in [5.41, 5.74) is 1.90. The molecule has 2 N–H and O–H groups in total. The molecule has 0 saturated heterocycles. The highest BCUT2D eigenvalue weighted by Crippen LogP contribution is 2.15. The molecule has 2 aliphatic rings. The number of nitrogens with two attached hydrogens (primary N) is 1. The summed E-state index contributed by atoms with van der Waals surface area (Å²) in [6.45, 7) is 0. The topological polar surface area (TPSA) is 43.8 Å². The van der Waals surface area contributed by atoms with E-state index in [1.165, 1.54) is 0 Å². The number of pyridine rings is 1. The number of aromatic nitrogens is 2. The third-order valence-corrected chi connectivity index (χ3v) is 1.49. The molecule has 0 atom stereocenters. The Labute approximate surface area is 58.4 Å². The van der Waals surface area contributed by atoms with Crippen LogP contribution in [0, 0.1) is 0 Å². The number of fused-ring (bicyclic) bond motifs is 1. The van der Waals surface area contributed by atoms with E-state index in [2.05, 4.69) is 4.98 Å². The number of nitrogens with zero attached hydrogens (tertiary/aromatic N) is 2. The third-order valence-electron chi connectivity index (χ3n) is 1.49. The average molecular weight is 133 g/mol. The number of nitrogen functional groups attached to an aromatic ring is 1. The number of hydrogen-bond acceptors (Lipinski definition) is 2. The SMILES string of the molecule is Nn1cccc2nccc1-2. The molecule has 50 valence electrons. The van der Waals surface area contributed by atoms with Gasteiger partial charge in [-0.3, -0.25) is 9.66 Å². The summed E-state index contributed by atoms with van der Waals surface area (Å²) in [5, 5.41) is 0. The predicted octanol–water partition coefficient (Wildman–Crippen LogP) is 0.702. The molecule has 2 rings (SSSR count). The molecule has 0 aromatic carbocycles. The van der Waals surface area contributed by atoms with Crippen LogP contribution in [0.4, 0.5) is 0 Å². The van der Waals surface area contributed by atoms with Gasteiger partial charge in [0.05, 0.1) is 11.4 Å². The third kappa shape index (κ3) is 0.572. The molecule has 0 bridgehead atoms. The lowest BCUT2D eigenvalue weighted by atomic mass is 10.3. The smallest absolute Gasteiger partial charge is 0.0888 e. The Morgan fingerprint density at radius 1 is 1.40 bits per heavy atom. The lowest BCUT2D eigenvalue weighted by Gasteiger charge is -2.02. The Morgan fingerprint density at radius 3 is 3.10 bits per heavy atom. The second-order valence-electron chi connectivity index (χ2n) is 2.13. The molecule has 3 nitrogen and oxygen atoms in total. The van der Waals surface area contributed by atoms with Gasteiger partial charge in [-0.2, -0.15) is 0 Å². The van der Waals surface area contributed by atoms with Crippen LogP contribution in [-0.4, -0.2) is 9.66 Å². The zero-order valence-corrected chi connectivity index (χ0v) is 5.36. The number of hydrogen-bond donors (Lipinski definition) is 1. The first-order chi connectivity index (χ1) is 4.88. The summed E-state index contributed by atoms with van der Waals surface area (Å²) >= 11 is 0. The van der Waals surface area contributed by atoms with Crippen LogP contribution in [0.1, 0.15) is 0 Å². The van der Waals surface area contributed by atoms with Crippen LogP contribution in [0.3, 0.4) is 0 Å². The fourth-order valence-corrected chi connectivity index (χ4v) is 0.994. The molecule has 2 aliphatic heterocycles. The van der Waals surface area contributed by atoms with Gasteiger partial charge in [-0.1, -0.05) is 0 Å². The maximum atomic E-state index is 5.58. The summed E-state index contributed by atoms with van der Waals surface area (Å²) in [5.74, 6) is 5.58. The first-order valence-corrected chi connectivity index (χ1v) is 3.05. The van der Waals surface area contributed by atoms with E-state index in [1.807, 2.05) is 18.2 Å². The summed E-state index contributed by atoms with van der Waals surface area (Å²) in [6, 6.07) is 5.68. The summed E-state index contributed by atoms with van der Waals surface area (Å²) in [6.07, 6.45) is 3.54. The van der Waals surface area contributed by atoms with Gasteiger partial charge in [0.15, 0.2) is 0 Å². The highest BCUT2D eigenvalue weighted by Gasteiger charge is 2.02. The molecular formula is C7H7N3. The molecule has 10 heavy (non-hydrogen) atoms. The van der Waals surface area contributed by atoms with Gasteiger partial charge in [-0.15, -0.1) is 0 Å². The normalized spacial score (nSPS) is 10.4. The highest BCUT2D eigenvalue weighted by atomic mass is 15.3. The van der Waals surface area contributed by atoms with Gasteiger partial charge >= 0.3 is 0 Å². The van der Waals surface area contributed by atoms with Crippen LogP contribution in [0.5, 0.6) is 0 Å². The molecule has 0 spiro atoms. The minimum Gasteiger partial charge on any atom is -0.339 e. The maximum Gasteiger partial charge on any atom is 0.0888 e. The molecule has 2 heterocycles. The van der Waals surface area contributed by atoms with Crippen LogP contribution in [0.2, 0.25) is 0 Å². The molecule has 0 fully saturated rings. The lowest BCUT2D eigenvalue weighted by Crippen LogP contribution is -2.10. The van der Waals surface area contributed by atoms with E-state index in [4.69, 9.17) is 5.84 Å². The molecule has 0 radical (unpaired) electrons. The fourth-order valence-electron chi connectivity index (χ4n) is 0.994. The first-order valence-electron chi connectivity index (χ1n) is 3.05. The molecular weight excluding hydrogens is 126 g/mol. The van der Waals surface area contributed by atoms with Gasteiger partial charge in [0, 0.05) is 12.4 Å². The Kier molecular flexibility index (Phi) is 0.917. The van der Waals surface area contributed by atoms with Crippen molar-refractivity contribution in [2.75, 3.05) is 5.84 Å². The van der Waals surface area contributed by atoms with Crippen molar-refractivity contribution in [1.29, 1.82) is 0 Å². The van der Waals surface area contributed by atoms with Crippen LogP contribution in [-0.2, 0) is 0 Å². The largest absolute Gasteiger partial charge is 0.339 e. The van der Waals surface area contributed by atoms with E-state index < -0.39 is 0 Å². The first kappa shape index (κ1) is 5.29. The van der Waals surface area contributed by atoms with Crippen LogP contribution in [0.15, 0.2) is 30.6 Å². The Hall–Kier alpha value is -1.51. The average Bonchev–Trinajstić information content (AvgIpc) is 2.36. The van der Waals surface area contributed by atoms with E-state index in [0.29, 0.717) is 0 Å². The zero-order chi connectivity index (χ0) is 6.97. The van der Waals surface area contributed by atoms with Crippen molar-refractivity contribution in [1.82, 2.24) is 9.66 Å². The molecule has 0 saturated carbocycles. The zero-order valence-electron chi connectivity index (χ0n) is 5.36. The van der Waals surface area contributed by atoms with Gasteiger partial charge in [0.25, 0.3) is 0 Å². The standard InChI is InChI=1S/C7H7N3/c8-10-5-1-2-6-7(10)3-4-9-6/h1-5H,8H2. The Morgan fingerprint density at radius 2 is 2.30 bits per heavy atom. The van der Waals surface area contributed by atoms with Gasteiger partial charge in [0.1, 0.15) is 0 Å². The summed E-state index contributed by atoms with van der Waals surface area (Å²) in [7, 11) is 0. The fraction of sp³-hybridized carbons (Fsp3) is 0. The summed E-state index contributed by atoms with van der Waals surface area (Å²) < 4.78 is 1.56. The van der Waals surface area contributed by atoms with Crippen molar-refractivity contribution in [3.05, 3.63) is 30.6 Å². The number of rotatable bonds is 0. The van der Waals surface area contributed by atoms with E-state index in [1.54, 1.807) is 17.1 Å². The van der Waals surface area contributed by atoms with E-state index in [9.17, 15) is 0 Å². The monoisotopic (exact) mass is 133 g/mol. The van der Waals surface area contributed by atoms with Crippen molar-refractivity contribution < 1.29 is 0 Å². The summed E-state index contributed by atoms with van der Waals surface area (Å²) in [4.78, 5) is 4.08. The van der Waals surface area contributed by atoms with Gasteiger partial charge in [0.2, 0.25) is 0 Å². The highest BCUT2D eigenvalue weighted by molar-refractivity contribution is 5.56. The van der Waals surface area contributed by atoms with Crippen molar-refractivity contribution in [3.63, 3.8) is 0 Å². The molecule has 0 aromatic heterocycles. The lowest BCUT2D eigenvalue weighted by molar-refractivity contribution is 0.997. The molecule has 0 aromatic rings. The van der Waals surface area contributed by atoms with Crippen molar-refractivity contribution >= 4 is 0 Å². The quantitative estimate of drug-likeness (QED) is 0.537. The van der Waals surface area contributed by atoms with E-state index in [0.717, 1.165) is 11.4 Å². The minimum atomic E-state index is 0.935. The van der Waals surface area contributed by atoms with Crippen molar-refractivity contribution in [2.45, 2.75) is 0 Å². The van der Waals surface area contributed by atoms with Gasteiger partial charge in [-0.25, -0.2) is 0 Å². The maximum absolute atomic E-state index is 5.58. The molecule has 0 aliphatic carbocycles. The molecule has 0 unspecified atom stereocenters. The Balaban J connectivity index is 2.80. The molecule has 3 heteroatoms.